The highest BCUT2D eigenvalue weighted by Crippen LogP contribution is 2.38. The first-order valence-electron chi connectivity index (χ1n) is 15.6. The van der Waals surface area contributed by atoms with E-state index >= 15 is 0 Å². The number of rotatable bonds is 14. The molecule has 0 fully saturated rings. The zero-order valence-corrected chi connectivity index (χ0v) is 30.3. The van der Waals surface area contributed by atoms with Crippen molar-refractivity contribution >= 4 is 30.2 Å². The van der Waals surface area contributed by atoms with Gasteiger partial charge in [-0.05, 0) is 81.7 Å². The van der Waals surface area contributed by atoms with E-state index < -0.39 is 36.1 Å². The maximum absolute atomic E-state index is 15.0. The van der Waals surface area contributed by atoms with E-state index in [9.17, 15) is 8.60 Å². The first-order valence-corrected chi connectivity index (χ1v) is 19.7. The van der Waals surface area contributed by atoms with Gasteiger partial charge in [0.1, 0.15) is 18.5 Å². The molecule has 2 N–H and O–H groups in total. The van der Waals surface area contributed by atoms with Gasteiger partial charge in [-0.15, -0.1) is 0 Å². The van der Waals surface area contributed by atoms with Crippen molar-refractivity contribution in [3.63, 3.8) is 0 Å². The van der Waals surface area contributed by atoms with Gasteiger partial charge in [0, 0.05) is 24.3 Å². The Kier molecular flexibility index (Phi) is 11.2. The molecule has 1 aromatic carbocycles. The summed E-state index contributed by atoms with van der Waals surface area (Å²) in [5.41, 5.74) is 3.58. The summed E-state index contributed by atoms with van der Waals surface area (Å²) in [4.78, 5) is 9.81. The predicted molar refractivity (Wildman–Crippen MR) is 186 cm³/mol. The summed E-state index contributed by atoms with van der Waals surface area (Å²) < 4.78 is 46.0. The Morgan fingerprint density at radius 2 is 1.76 bits per heavy atom. The number of ether oxygens (including phenoxy) is 2. The molecule has 0 saturated heterocycles. The monoisotopic (exact) mass is 669 g/mol. The first kappa shape index (κ1) is 35.8. The average Bonchev–Trinajstić information content (AvgIpc) is 3.43. The molecule has 0 aliphatic heterocycles. The number of aromatic nitrogens is 4. The van der Waals surface area contributed by atoms with Gasteiger partial charge in [0.25, 0.3) is 0 Å². The smallest absolute Gasteiger partial charge is 0.192 e. The minimum Gasteiger partial charge on any atom is -0.490 e. The highest BCUT2D eigenvalue weighted by molar-refractivity contribution is 7.84. The lowest BCUT2D eigenvalue weighted by molar-refractivity contribution is 0.147. The Hall–Kier alpha value is -3.03. The summed E-state index contributed by atoms with van der Waals surface area (Å²) in [6.45, 7) is 17.3. The van der Waals surface area contributed by atoms with Crippen LogP contribution < -0.4 is 9.88 Å². The maximum atomic E-state index is 15.0. The molecule has 0 bridgehead atoms. The third-order valence-corrected chi connectivity index (χ3v) is 14.6. The van der Waals surface area contributed by atoms with Gasteiger partial charge in [0.05, 0.1) is 57.4 Å². The number of methoxy groups -OCH3 is 1. The molecule has 250 valence electrons. The molecule has 0 aliphatic carbocycles. The van der Waals surface area contributed by atoms with Gasteiger partial charge in [0.15, 0.2) is 14.1 Å². The van der Waals surface area contributed by atoms with Gasteiger partial charge in [0.2, 0.25) is 0 Å². The van der Waals surface area contributed by atoms with Crippen molar-refractivity contribution < 1.29 is 22.5 Å². The standard InChI is InChI=1S/C34H48FN5O4SSi/c1-23(35)26(20-34(5,6)45(36)41)29-14-11-13-28(39-29)24-18-30-27(31(19-24)43-17-16-42-7)21-37-40(30)32-15-10-12-25(38-32)22-44-46(8,9)33(2,3)4/h10-15,18-19,21,23,26H,16-17,20,22,36H2,1-9H3/t23?,26-,45?/m0/s1. The van der Waals surface area contributed by atoms with Crippen LogP contribution in [0.4, 0.5) is 4.39 Å². The summed E-state index contributed by atoms with van der Waals surface area (Å²) in [5.74, 6) is 0.682. The molecule has 0 saturated carbocycles. The Labute approximate surface area is 275 Å². The fraction of sp³-hybridized carbons (Fsp3) is 0.500. The van der Waals surface area contributed by atoms with Crippen molar-refractivity contribution in [3.8, 4) is 22.8 Å². The number of pyridine rings is 2. The lowest BCUT2D eigenvalue weighted by Gasteiger charge is -2.36. The van der Waals surface area contributed by atoms with Crippen LogP contribution in [0.3, 0.4) is 0 Å². The number of hydrogen-bond acceptors (Lipinski definition) is 7. The van der Waals surface area contributed by atoms with Gasteiger partial charge in [-0.3, -0.25) is 10.1 Å². The number of nitrogens with zero attached hydrogens (tertiary/aromatic N) is 4. The van der Waals surface area contributed by atoms with E-state index in [1.807, 2.05) is 42.5 Å². The molecule has 0 aliphatic rings. The van der Waals surface area contributed by atoms with Crippen LogP contribution in [0.1, 0.15) is 65.3 Å². The molecule has 4 aromatic rings. The first-order chi connectivity index (χ1) is 21.5. The largest absolute Gasteiger partial charge is 0.490 e. The van der Waals surface area contributed by atoms with E-state index in [1.54, 1.807) is 37.9 Å². The van der Waals surface area contributed by atoms with Gasteiger partial charge in [-0.1, -0.05) is 32.9 Å². The molecule has 3 aromatic heterocycles. The van der Waals surface area contributed by atoms with Crippen LogP contribution >= 0.6 is 0 Å². The second kappa shape index (κ2) is 14.4. The average molecular weight is 670 g/mol. The van der Waals surface area contributed by atoms with Crippen LogP contribution in [0.25, 0.3) is 28.0 Å². The minimum absolute atomic E-state index is 0.0887. The van der Waals surface area contributed by atoms with Crippen molar-refractivity contribution in [1.82, 2.24) is 19.7 Å². The lowest BCUT2D eigenvalue weighted by Crippen LogP contribution is -2.40. The van der Waals surface area contributed by atoms with Crippen LogP contribution in [-0.2, 0) is 26.8 Å². The number of nitrogens with two attached hydrogens (primary N) is 1. The zero-order valence-electron chi connectivity index (χ0n) is 28.5. The molecular weight excluding hydrogens is 622 g/mol. The maximum Gasteiger partial charge on any atom is 0.192 e. The van der Waals surface area contributed by atoms with E-state index in [4.69, 9.17) is 34.1 Å². The van der Waals surface area contributed by atoms with Crippen LogP contribution in [0.2, 0.25) is 18.1 Å². The third-order valence-electron chi connectivity index (χ3n) is 8.85. The fourth-order valence-electron chi connectivity index (χ4n) is 4.85. The Morgan fingerprint density at radius 3 is 2.41 bits per heavy atom. The summed E-state index contributed by atoms with van der Waals surface area (Å²) in [6.07, 6.45) is 0.825. The van der Waals surface area contributed by atoms with Crippen molar-refractivity contribution in [2.45, 2.75) is 89.5 Å². The topological polar surface area (TPSA) is 114 Å². The number of benzene rings is 1. The summed E-state index contributed by atoms with van der Waals surface area (Å²) >= 11 is 0. The quantitative estimate of drug-likeness (QED) is 0.111. The molecule has 0 radical (unpaired) electrons. The normalized spacial score (nSPS) is 14.8. The number of alkyl halides is 1. The van der Waals surface area contributed by atoms with Gasteiger partial charge >= 0.3 is 0 Å². The van der Waals surface area contributed by atoms with Crippen LogP contribution in [-0.4, -0.2) is 63.5 Å². The summed E-state index contributed by atoms with van der Waals surface area (Å²) in [6, 6.07) is 15.3. The van der Waals surface area contributed by atoms with Gasteiger partial charge in [-0.25, -0.2) is 18.3 Å². The Morgan fingerprint density at radius 1 is 1.04 bits per heavy atom. The van der Waals surface area contributed by atoms with Crippen molar-refractivity contribution in [2.24, 2.45) is 5.14 Å². The zero-order chi connectivity index (χ0) is 33.9. The highest BCUT2D eigenvalue weighted by atomic mass is 32.2. The fourth-order valence-corrected chi connectivity index (χ4v) is 6.13. The predicted octanol–water partition coefficient (Wildman–Crippen LogP) is 7.26. The van der Waals surface area contributed by atoms with Crippen molar-refractivity contribution in [3.05, 3.63) is 66.1 Å². The van der Waals surface area contributed by atoms with Crippen LogP contribution in [0.15, 0.2) is 54.7 Å². The number of hydrogen-bond donors (Lipinski definition) is 1. The minimum atomic E-state index is -1.96. The Balaban J connectivity index is 1.77. The SMILES string of the molecule is COCCOc1cc(-c2cccc([C@@H](CC(C)(C)S(N)=O)C(C)F)n2)cc2c1cnn2-c1cccc(CO[Si](C)(C)C(C)(C)C)n1. The molecule has 2 unspecified atom stereocenters. The van der Waals surface area contributed by atoms with E-state index in [0.29, 0.717) is 42.8 Å². The second-order valence-corrected chi connectivity index (χ2v) is 20.3. The molecule has 0 spiro atoms. The number of fused-ring (bicyclic) bond motifs is 1. The molecule has 0 amide bonds. The molecule has 4 rings (SSSR count). The molecular formula is C34H48FN5O4SSi. The van der Waals surface area contributed by atoms with Crippen molar-refractivity contribution in [1.29, 1.82) is 0 Å². The molecule has 46 heavy (non-hydrogen) atoms. The molecule has 3 atom stereocenters. The second-order valence-electron chi connectivity index (χ2n) is 13.8. The van der Waals surface area contributed by atoms with Gasteiger partial charge in [-0.2, -0.15) is 5.10 Å². The molecule has 12 heteroatoms. The summed E-state index contributed by atoms with van der Waals surface area (Å²) in [5, 5.41) is 11.3. The van der Waals surface area contributed by atoms with Crippen LogP contribution in [0, 0.1) is 0 Å². The van der Waals surface area contributed by atoms with E-state index in [0.717, 1.165) is 22.2 Å². The van der Waals surface area contributed by atoms with Gasteiger partial charge < -0.3 is 13.9 Å². The highest BCUT2D eigenvalue weighted by Gasteiger charge is 2.37. The Bertz CT molecular complexity index is 1670. The molecule has 3 heterocycles. The third kappa shape index (κ3) is 8.27. The van der Waals surface area contributed by atoms with Crippen LogP contribution in [0.5, 0.6) is 5.75 Å². The molecule has 9 nitrogen and oxygen atoms in total. The van der Waals surface area contributed by atoms with Crippen molar-refractivity contribution in [2.75, 3.05) is 20.3 Å². The van der Waals surface area contributed by atoms with E-state index in [2.05, 4.69) is 33.9 Å². The lowest BCUT2D eigenvalue weighted by atomic mass is 9.89. The van der Waals surface area contributed by atoms with E-state index in [1.165, 1.54) is 6.92 Å². The summed E-state index contributed by atoms with van der Waals surface area (Å²) in [7, 11) is -1.96. The number of halogens is 1. The van der Waals surface area contributed by atoms with E-state index in [-0.39, 0.29) is 11.5 Å².